The highest BCUT2D eigenvalue weighted by Gasteiger charge is 2.10. The molecule has 3 nitrogen and oxygen atoms in total. The number of amides is 1. The Morgan fingerprint density at radius 2 is 1.73 bits per heavy atom. The number of carbonyl (C=O) groups is 1. The molecule has 0 saturated heterocycles. The molecule has 2 aromatic rings. The van der Waals surface area contributed by atoms with Crippen LogP contribution in [0.3, 0.4) is 0 Å². The van der Waals surface area contributed by atoms with Gasteiger partial charge in [-0.25, -0.2) is 0 Å². The minimum atomic E-state index is 0.0468. The van der Waals surface area contributed by atoms with Gasteiger partial charge in [-0.15, -0.1) is 0 Å². The zero-order valence-electron chi connectivity index (χ0n) is 12.7. The van der Waals surface area contributed by atoms with Crippen molar-refractivity contribution in [2.24, 2.45) is 0 Å². The summed E-state index contributed by atoms with van der Waals surface area (Å²) in [5, 5.41) is 10.0. The van der Waals surface area contributed by atoms with Crippen molar-refractivity contribution in [1.82, 2.24) is 4.72 Å². The van der Waals surface area contributed by atoms with Crippen molar-refractivity contribution < 1.29 is 9.90 Å². The number of aromatic hydroxyl groups is 1. The maximum atomic E-state index is 11.8. The highest BCUT2D eigenvalue weighted by molar-refractivity contribution is 7.98. The summed E-state index contributed by atoms with van der Waals surface area (Å²) in [6, 6.07) is 15.0. The van der Waals surface area contributed by atoms with E-state index >= 15 is 0 Å². The van der Waals surface area contributed by atoms with Crippen molar-refractivity contribution >= 4 is 17.9 Å². The predicted molar refractivity (Wildman–Crippen MR) is 91.7 cm³/mol. The Morgan fingerprint density at radius 3 is 2.45 bits per heavy atom. The van der Waals surface area contributed by atoms with Crippen LogP contribution in [0.25, 0.3) is 11.1 Å². The molecule has 0 aliphatic heterocycles. The molecule has 2 rings (SSSR count). The van der Waals surface area contributed by atoms with Gasteiger partial charge in [0, 0.05) is 22.4 Å². The van der Waals surface area contributed by atoms with Crippen LogP contribution in [0.1, 0.15) is 32.6 Å². The fourth-order valence-corrected chi connectivity index (χ4v) is 2.94. The Hall–Kier alpha value is -1.94. The van der Waals surface area contributed by atoms with Crippen LogP contribution < -0.4 is 4.72 Å². The third-order valence-corrected chi connectivity index (χ3v) is 4.27. The predicted octanol–water partition coefficient (Wildman–Crippen LogP) is 4.76. The largest absolute Gasteiger partial charge is 0.507 e. The van der Waals surface area contributed by atoms with Crippen LogP contribution in [0, 0.1) is 0 Å². The van der Waals surface area contributed by atoms with E-state index in [9.17, 15) is 9.90 Å². The topological polar surface area (TPSA) is 49.3 Å². The van der Waals surface area contributed by atoms with Gasteiger partial charge >= 0.3 is 0 Å². The van der Waals surface area contributed by atoms with Crippen molar-refractivity contribution in [2.75, 3.05) is 0 Å². The summed E-state index contributed by atoms with van der Waals surface area (Å²) in [5.41, 5.74) is 1.69. The zero-order chi connectivity index (χ0) is 15.8. The van der Waals surface area contributed by atoms with Gasteiger partial charge in [0.05, 0.1) is 0 Å². The van der Waals surface area contributed by atoms with Crippen LogP contribution in [0.4, 0.5) is 0 Å². The second-order valence-electron chi connectivity index (χ2n) is 5.10. The normalized spacial score (nSPS) is 10.4. The molecule has 1 amide bonds. The van der Waals surface area contributed by atoms with Crippen LogP contribution in [0.15, 0.2) is 53.4 Å². The van der Waals surface area contributed by atoms with E-state index in [1.165, 1.54) is 11.9 Å². The standard InChI is InChI=1S/C18H21NO2S/c1-2-3-4-13-18(21)19-22-17-12-8-6-10-15(17)14-9-5-7-11-16(14)20/h5-12,20H,2-4,13H2,1H3,(H,19,21). The summed E-state index contributed by atoms with van der Waals surface area (Å²) in [4.78, 5) is 12.7. The van der Waals surface area contributed by atoms with Crippen molar-refractivity contribution in [3.8, 4) is 16.9 Å². The summed E-state index contributed by atoms with van der Waals surface area (Å²) < 4.78 is 2.88. The van der Waals surface area contributed by atoms with Crippen LogP contribution in [-0.4, -0.2) is 11.0 Å². The first-order valence-electron chi connectivity index (χ1n) is 7.55. The highest BCUT2D eigenvalue weighted by Crippen LogP contribution is 2.35. The summed E-state index contributed by atoms with van der Waals surface area (Å²) >= 11 is 1.31. The number of hydrogen-bond donors (Lipinski definition) is 2. The average molecular weight is 315 g/mol. The van der Waals surface area contributed by atoms with Gasteiger partial charge < -0.3 is 5.11 Å². The lowest BCUT2D eigenvalue weighted by molar-refractivity contribution is -0.119. The molecule has 2 N–H and O–H groups in total. The average Bonchev–Trinajstić information content (AvgIpc) is 2.54. The van der Waals surface area contributed by atoms with Crippen molar-refractivity contribution in [2.45, 2.75) is 37.5 Å². The first-order chi connectivity index (χ1) is 10.7. The second kappa shape index (κ2) is 8.49. The van der Waals surface area contributed by atoms with E-state index in [1.54, 1.807) is 12.1 Å². The maximum Gasteiger partial charge on any atom is 0.230 e. The Labute approximate surface area is 135 Å². The Balaban J connectivity index is 2.06. The molecule has 0 heterocycles. The van der Waals surface area contributed by atoms with Gasteiger partial charge in [-0.3, -0.25) is 9.52 Å². The summed E-state index contributed by atoms with van der Waals surface area (Å²) in [6.07, 6.45) is 3.66. The van der Waals surface area contributed by atoms with Crippen molar-refractivity contribution in [3.05, 3.63) is 48.5 Å². The smallest absolute Gasteiger partial charge is 0.230 e. The van der Waals surface area contributed by atoms with Gasteiger partial charge in [0.1, 0.15) is 5.75 Å². The van der Waals surface area contributed by atoms with Gasteiger partial charge in [-0.2, -0.15) is 0 Å². The quantitative estimate of drug-likeness (QED) is 0.572. The van der Waals surface area contributed by atoms with Crippen LogP contribution in [0.2, 0.25) is 0 Å². The molecule has 0 radical (unpaired) electrons. The molecule has 0 aliphatic rings. The number of benzene rings is 2. The number of unbranched alkanes of at least 4 members (excludes halogenated alkanes) is 2. The fourth-order valence-electron chi connectivity index (χ4n) is 2.18. The Bertz CT molecular complexity index is 628. The molecule has 116 valence electrons. The molecule has 22 heavy (non-hydrogen) atoms. The van der Waals surface area contributed by atoms with Crippen molar-refractivity contribution in [1.29, 1.82) is 0 Å². The molecule has 0 atom stereocenters. The van der Waals surface area contributed by atoms with Crippen LogP contribution in [-0.2, 0) is 4.79 Å². The molecular weight excluding hydrogens is 294 g/mol. The van der Waals surface area contributed by atoms with Crippen molar-refractivity contribution in [3.63, 3.8) is 0 Å². The fraction of sp³-hybridized carbons (Fsp3) is 0.278. The maximum absolute atomic E-state index is 11.8. The molecule has 0 unspecified atom stereocenters. The van der Waals surface area contributed by atoms with Crippen LogP contribution in [0.5, 0.6) is 5.75 Å². The number of carbonyl (C=O) groups excluding carboxylic acids is 1. The van der Waals surface area contributed by atoms with Gasteiger partial charge in [0.25, 0.3) is 0 Å². The zero-order valence-corrected chi connectivity index (χ0v) is 13.5. The van der Waals surface area contributed by atoms with Gasteiger partial charge in [0.2, 0.25) is 5.91 Å². The van der Waals surface area contributed by atoms with E-state index in [1.807, 2.05) is 36.4 Å². The van der Waals surface area contributed by atoms with E-state index in [-0.39, 0.29) is 11.7 Å². The number of rotatable bonds is 7. The minimum Gasteiger partial charge on any atom is -0.507 e. The lowest BCUT2D eigenvalue weighted by Crippen LogP contribution is -2.15. The lowest BCUT2D eigenvalue weighted by Gasteiger charge is -2.11. The molecule has 0 fully saturated rings. The molecule has 2 aromatic carbocycles. The van der Waals surface area contributed by atoms with Crippen LogP contribution >= 0.6 is 11.9 Å². The second-order valence-corrected chi connectivity index (χ2v) is 5.95. The molecule has 4 heteroatoms. The molecule has 0 aromatic heterocycles. The van der Waals surface area contributed by atoms with Gasteiger partial charge in [-0.1, -0.05) is 56.2 Å². The molecule has 0 spiro atoms. The third-order valence-electron chi connectivity index (χ3n) is 3.36. The number of hydrogen-bond acceptors (Lipinski definition) is 3. The van der Waals surface area contributed by atoms with E-state index in [0.29, 0.717) is 6.42 Å². The number of phenolic OH excluding ortho intramolecular Hbond substituents is 1. The highest BCUT2D eigenvalue weighted by atomic mass is 32.2. The summed E-state index contributed by atoms with van der Waals surface area (Å²) in [5.74, 6) is 0.287. The number of para-hydroxylation sites is 1. The Kier molecular flexibility index (Phi) is 6.34. The van der Waals surface area contributed by atoms with Gasteiger partial charge in [-0.05, 0) is 30.5 Å². The number of nitrogens with one attached hydrogen (secondary N) is 1. The number of phenols is 1. The van der Waals surface area contributed by atoms with E-state index < -0.39 is 0 Å². The SMILES string of the molecule is CCCCCC(=O)NSc1ccccc1-c1ccccc1O. The first kappa shape index (κ1) is 16.4. The monoisotopic (exact) mass is 315 g/mol. The first-order valence-corrected chi connectivity index (χ1v) is 8.37. The summed E-state index contributed by atoms with van der Waals surface area (Å²) in [7, 11) is 0. The van der Waals surface area contributed by atoms with E-state index in [2.05, 4.69) is 11.6 Å². The van der Waals surface area contributed by atoms with E-state index in [0.717, 1.165) is 35.3 Å². The minimum absolute atomic E-state index is 0.0468. The lowest BCUT2D eigenvalue weighted by atomic mass is 10.0. The summed E-state index contributed by atoms with van der Waals surface area (Å²) in [6.45, 7) is 2.12. The van der Waals surface area contributed by atoms with E-state index in [4.69, 9.17) is 0 Å². The Morgan fingerprint density at radius 1 is 1.05 bits per heavy atom. The molecular formula is C18H21NO2S. The molecule has 0 saturated carbocycles. The van der Waals surface area contributed by atoms with Gasteiger partial charge in [0.15, 0.2) is 0 Å². The third kappa shape index (κ3) is 4.53. The molecule has 0 aliphatic carbocycles. The molecule has 0 bridgehead atoms.